The summed E-state index contributed by atoms with van der Waals surface area (Å²) in [6.45, 7) is 10.9. The Balaban J connectivity index is 0.00000104. The van der Waals surface area contributed by atoms with Crippen LogP contribution >= 0.6 is 0 Å². The van der Waals surface area contributed by atoms with Gasteiger partial charge in [-0.25, -0.2) is 0 Å². The highest BCUT2D eigenvalue weighted by Gasteiger charge is 2.43. The molecule has 2 amide bonds. The molecule has 11 heteroatoms. The van der Waals surface area contributed by atoms with Gasteiger partial charge in [0.2, 0.25) is 5.91 Å². The van der Waals surface area contributed by atoms with Crippen molar-refractivity contribution in [2.75, 3.05) is 20.2 Å². The van der Waals surface area contributed by atoms with Crippen molar-refractivity contribution in [1.29, 1.82) is 0 Å². The minimum absolute atomic E-state index is 0.102. The summed E-state index contributed by atoms with van der Waals surface area (Å²) in [6, 6.07) is -0.472. The summed E-state index contributed by atoms with van der Waals surface area (Å²) in [7, 11) is 1.72. The van der Waals surface area contributed by atoms with E-state index in [9.17, 15) is 19.2 Å². The second-order valence-corrected chi connectivity index (χ2v) is 6.89. The first-order valence-corrected chi connectivity index (χ1v) is 11.0. The molecule has 0 bridgehead atoms. The molecule has 0 aromatic carbocycles. The molecule has 184 valence electrons. The zero-order valence-corrected chi connectivity index (χ0v) is 20.2. The maximum absolute atomic E-state index is 12.5. The molecule has 0 radical (unpaired) electrons. The van der Waals surface area contributed by atoms with E-state index in [0.717, 1.165) is 0 Å². The summed E-state index contributed by atoms with van der Waals surface area (Å²) in [4.78, 5) is 49.6. The summed E-state index contributed by atoms with van der Waals surface area (Å²) in [5.74, 6) is -0.595. The van der Waals surface area contributed by atoms with Crippen molar-refractivity contribution in [2.24, 2.45) is 5.73 Å². The van der Waals surface area contributed by atoms with E-state index < -0.39 is 24.3 Å². The number of aliphatic hydroxyl groups excluding tert-OH is 1. The van der Waals surface area contributed by atoms with Crippen LogP contribution < -0.4 is 16.4 Å². The molecule has 2 rings (SSSR count). The van der Waals surface area contributed by atoms with Crippen molar-refractivity contribution in [3.63, 3.8) is 0 Å². The van der Waals surface area contributed by atoms with E-state index in [1.165, 1.54) is 4.90 Å². The van der Waals surface area contributed by atoms with Gasteiger partial charge >= 0.3 is 5.97 Å². The van der Waals surface area contributed by atoms with Crippen LogP contribution in [0.2, 0.25) is 0 Å². The molecular weight excluding hydrogens is 418 g/mol. The smallest absolute Gasteiger partial charge is 0.305 e. The Morgan fingerprint density at radius 2 is 1.78 bits per heavy atom. The van der Waals surface area contributed by atoms with Gasteiger partial charge in [0.05, 0.1) is 6.04 Å². The van der Waals surface area contributed by atoms with Gasteiger partial charge in [-0.1, -0.05) is 34.6 Å². The van der Waals surface area contributed by atoms with Gasteiger partial charge in [-0.3, -0.25) is 29.8 Å². The molecule has 2 aliphatic heterocycles. The number of rotatable bonds is 6. The van der Waals surface area contributed by atoms with E-state index in [1.807, 2.05) is 13.8 Å². The molecule has 32 heavy (non-hydrogen) atoms. The number of carbonyl (C=O) groups excluding carboxylic acids is 4. The number of nitrogens with zero attached hydrogens (tertiary/aromatic N) is 2. The minimum Gasteiger partial charge on any atom is -0.460 e. The predicted molar refractivity (Wildman–Crippen MR) is 119 cm³/mol. The second kappa shape index (κ2) is 14.4. The minimum atomic E-state index is -0.672. The van der Waals surface area contributed by atoms with Gasteiger partial charge in [0, 0.05) is 32.9 Å². The highest BCUT2D eigenvalue weighted by molar-refractivity contribution is 5.99. The molecule has 0 aromatic heterocycles. The highest BCUT2D eigenvalue weighted by Crippen LogP contribution is 2.26. The fourth-order valence-corrected chi connectivity index (χ4v) is 2.94. The summed E-state index contributed by atoms with van der Waals surface area (Å²) >= 11 is 0. The van der Waals surface area contributed by atoms with Crippen molar-refractivity contribution in [3.8, 4) is 0 Å². The Hall–Kier alpha value is -2.66. The Labute approximate surface area is 190 Å². The fourth-order valence-electron chi connectivity index (χ4n) is 2.94. The van der Waals surface area contributed by atoms with E-state index in [4.69, 9.17) is 15.6 Å². The van der Waals surface area contributed by atoms with E-state index >= 15 is 0 Å². The van der Waals surface area contributed by atoms with Crippen molar-refractivity contribution in [1.82, 2.24) is 20.4 Å². The molecule has 5 N–H and O–H groups in total. The number of Topliss-reactive ketones (excluding diaryl/α,β-unsaturated/α-hetero) is 1. The number of hydrogen-bond donors (Lipinski definition) is 4. The lowest BCUT2D eigenvalue weighted by Crippen LogP contribution is -2.66. The van der Waals surface area contributed by atoms with Crippen molar-refractivity contribution in [2.45, 2.75) is 79.2 Å². The van der Waals surface area contributed by atoms with Crippen molar-refractivity contribution >= 4 is 23.6 Å². The standard InChI is InChI=1S/C15H25N5O4.C4H8O2.C2H6/c1-5-10(21)20-9(8(3)24-11(22)6-2)7-17-13-12(20)14(23)18-15(16)19(13)4;1-2-4(6)3-5;1-2/h8-9,15,17H,5-7,16H2,1-4H3,(H,18,23);5H,2-3H2,1H3;1-2H3. The molecule has 3 atom stereocenters. The van der Waals surface area contributed by atoms with Crippen LogP contribution in [0.15, 0.2) is 11.5 Å². The molecule has 2 heterocycles. The van der Waals surface area contributed by atoms with Crippen LogP contribution in [0.5, 0.6) is 0 Å². The van der Waals surface area contributed by atoms with E-state index in [2.05, 4.69) is 10.6 Å². The van der Waals surface area contributed by atoms with Gasteiger partial charge in [0.15, 0.2) is 17.8 Å². The number of nitrogens with one attached hydrogen (secondary N) is 2. The first-order chi connectivity index (χ1) is 15.1. The summed E-state index contributed by atoms with van der Waals surface area (Å²) in [5, 5.41) is 13.7. The van der Waals surface area contributed by atoms with Gasteiger partial charge < -0.3 is 25.4 Å². The lowest BCUT2D eigenvalue weighted by molar-refractivity contribution is -0.154. The summed E-state index contributed by atoms with van der Waals surface area (Å²) < 4.78 is 5.36. The monoisotopic (exact) mass is 457 g/mol. The zero-order valence-electron chi connectivity index (χ0n) is 20.2. The second-order valence-electron chi connectivity index (χ2n) is 6.89. The van der Waals surface area contributed by atoms with E-state index in [0.29, 0.717) is 18.8 Å². The van der Waals surface area contributed by atoms with Crippen LogP contribution in [0.1, 0.15) is 60.8 Å². The highest BCUT2D eigenvalue weighted by atomic mass is 16.5. The largest absolute Gasteiger partial charge is 0.460 e. The lowest BCUT2D eigenvalue weighted by Gasteiger charge is -2.46. The van der Waals surface area contributed by atoms with Crippen LogP contribution in [0.25, 0.3) is 0 Å². The van der Waals surface area contributed by atoms with Gasteiger partial charge in [-0.05, 0) is 6.92 Å². The van der Waals surface area contributed by atoms with Crippen LogP contribution in [0.4, 0.5) is 0 Å². The van der Waals surface area contributed by atoms with Crippen LogP contribution in [-0.4, -0.2) is 77.1 Å². The van der Waals surface area contributed by atoms with Gasteiger partial charge in [0.1, 0.15) is 18.5 Å². The first-order valence-electron chi connectivity index (χ1n) is 11.0. The average Bonchev–Trinajstić information content (AvgIpc) is 2.81. The molecule has 0 aromatic rings. The van der Waals surface area contributed by atoms with Gasteiger partial charge in [-0.15, -0.1) is 0 Å². The number of nitrogens with two attached hydrogens (primary N) is 1. The topological polar surface area (TPSA) is 154 Å². The fraction of sp³-hybridized carbons (Fsp3) is 0.714. The molecule has 3 unspecified atom stereocenters. The quantitative estimate of drug-likeness (QED) is 0.403. The normalized spacial score (nSPS) is 20.3. The van der Waals surface area contributed by atoms with Crippen molar-refractivity contribution < 1.29 is 29.0 Å². The average molecular weight is 458 g/mol. The molecule has 0 saturated carbocycles. The number of aliphatic hydroxyl groups is 1. The summed E-state index contributed by atoms with van der Waals surface area (Å²) in [5.41, 5.74) is 6.07. The predicted octanol–water partition coefficient (Wildman–Crippen LogP) is -0.00450. The van der Waals surface area contributed by atoms with E-state index in [1.54, 1.807) is 39.6 Å². The van der Waals surface area contributed by atoms with Gasteiger partial charge in [-0.2, -0.15) is 0 Å². The number of ether oxygens (including phenoxy) is 1. The Morgan fingerprint density at radius 1 is 1.19 bits per heavy atom. The third-order valence-electron chi connectivity index (χ3n) is 4.83. The van der Waals surface area contributed by atoms with Gasteiger partial charge in [0.25, 0.3) is 5.91 Å². The maximum atomic E-state index is 12.5. The molecule has 0 spiro atoms. The molecule has 0 aliphatic carbocycles. The zero-order chi connectivity index (χ0) is 25.0. The lowest BCUT2D eigenvalue weighted by atomic mass is 10.0. The Bertz CT molecular complexity index is 690. The molecule has 0 saturated heterocycles. The number of ketones is 1. The maximum Gasteiger partial charge on any atom is 0.305 e. The summed E-state index contributed by atoms with van der Waals surface area (Å²) in [6.07, 6.45) is -0.308. The van der Waals surface area contributed by atoms with Crippen LogP contribution in [0, 0.1) is 0 Å². The molecular formula is C21H39N5O6. The number of carbonyl (C=O) groups is 4. The molecule has 11 nitrogen and oxygen atoms in total. The Kier molecular flexibility index (Phi) is 13.2. The molecule has 0 fully saturated rings. The number of esters is 1. The number of amides is 2. The van der Waals surface area contributed by atoms with Crippen LogP contribution in [-0.2, 0) is 23.9 Å². The SMILES string of the molecule is CC.CCC(=O)CO.CCC(=O)OC(C)C1CNC2=C(C(=O)NC(N)N2C)N1C(=O)CC. The van der Waals surface area contributed by atoms with Crippen molar-refractivity contribution in [3.05, 3.63) is 11.5 Å². The van der Waals surface area contributed by atoms with E-state index in [-0.39, 0.29) is 42.8 Å². The van der Waals surface area contributed by atoms with Crippen LogP contribution in [0.3, 0.4) is 0 Å². The Morgan fingerprint density at radius 3 is 2.22 bits per heavy atom. The third kappa shape index (κ3) is 7.49. The molecule has 2 aliphatic rings. The third-order valence-corrected chi connectivity index (χ3v) is 4.83. The number of hydrogen-bond acceptors (Lipinski definition) is 9. The first kappa shape index (κ1) is 29.3.